The molecule has 0 radical (unpaired) electrons. The summed E-state index contributed by atoms with van der Waals surface area (Å²) in [5.41, 5.74) is 0. The highest BCUT2D eigenvalue weighted by Gasteiger charge is 1.85. The normalized spacial score (nSPS) is 11.1. The zero-order valence-electron chi connectivity index (χ0n) is 7.26. The largest absolute Gasteiger partial charge is 0.379 e. The third-order valence-corrected chi connectivity index (χ3v) is 0.881. The highest BCUT2D eigenvalue weighted by Crippen LogP contribution is 1.80. The summed E-state index contributed by atoms with van der Waals surface area (Å²) in [4.78, 5) is 10.0. The van der Waals surface area contributed by atoms with E-state index in [-0.39, 0.29) is 6.61 Å². The van der Waals surface area contributed by atoms with Gasteiger partial charge in [0, 0.05) is 6.61 Å². The van der Waals surface area contributed by atoms with Crippen molar-refractivity contribution in [1.82, 2.24) is 0 Å². The molecule has 0 aliphatic rings. The molecular formula is C7H14O3. The van der Waals surface area contributed by atoms with Gasteiger partial charge in [0.05, 0.1) is 13.2 Å². The van der Waals surface area contributed by atoms with Crippen molar-refractivity contribution in [2.75, 3.05) is 26.4 Å². The Morgan fingerprint density at radius 2 is 2.10 bits per heavy atom. The van der Waals surface area contributed by atoms with Crippen molar-refractivity contribution in [2.24, 2.45) is 0 Å². The summed E-state index contributed by atoms with van der Waals surface area (Å²) in [6.45, 7) is 3.51. The molecule has 60 valence electrons. The lowest BCUT2D eigenvalue weighted by atomic mass is 10.5. The highest BCUT2D eigenvalue weighted by atomic mass is 16.5. The van der Waals surface area contributed by atoms with E-state index in [2.05, 4.69) is 0 Å². The lowest BCUT2D eigenvalue weighted by molar-refractivity contribution is -0.112. The van der Waals surface area contributed by atoms with Crippen LogP contribution in [0, 0.1) is 0 Å². The van der Waals surface area contributed by atoms with Crippen LogP contribution in [0.5, 0.6) is 0 Å². The van der Waals surface area contributed by atoms with E-state index in [4.69, 9.17) is 10.8 Å². The molecule has 0 aromatic carbocycles. The lowest BCUT2D eigenvalue weighted by Gasteiger charge is -2.00. The zero-order valence-corrected chi connectivity index (χ0v) is 6.26. The molecule has 0 aromatic heterocycles. The van der Waals surface area contributed by atoms with E-state index in [0.29, 0.717) is 13.2 Å². The van der Waals surface area contributed by atoms with Gasteiger partial charge >= 0.3 is 0 Å². The van der Waals surface area contributed by atoms with Crippen LogP contribution in [0.2, 0.25) is 0 Å². The average Bonchev–Trinajstić information content (AvgIpc) is 1.96. The number of aldehydes is 1. The summed E-state index contributed by atoms with van der Waals surface area (Å²) >= 11 is 0. The second-order valence-electron chi connectivity index (χ2n) is 1.81. The number of carbonyl (C=O) groups excluding carboxylic acids is 1. The van der Waals surface area contributed by atoms with Gasteiger partial charge in [-0.1, -0.05) is 6.92 Å². The molecule has 3 heteroatoms. The van der Waals surface area contributed by atoms with Gasteiger partial charge in [0.25, 0.3) is 0 Å². The standard InChI is InChI=1S/C7H14O3/c1-2-4-9-6-7-10-5-3-8/h3H,2,4-7H2,1H3/i3T. The van der Waals surface area contributed by atoms with Gasteiger partial charge in [-0.05, 0) is 6.42 Å². The number of hydrogen-bond acceptors (Lipinski definition) is 3. The van der Waals surface area contributed by atoms with Crippen LogP contribution in [0.15, 0.2) is 0 Å². The average molecular weight is 148 g/mol. The molecule has 0 amide bonds. The summed E-state index contributed by atoms with van der Waals surface area (Å²) in [7, 11) is 0. The van der Waals surface area contributed by atoms with E-state index >= 15 is 0 Å². The Labute approximate surface area is 62.7 Å². The Morgan fingerprint density at radius 1 is 1.40 bits per heavy atom. The van der Waals surface area contributed by atoms with Gasteiger partial charge in [0.2, 0.25) is 0 Å². The second kappa shape index (κ2) is 8.59. The van der Waals surface area contributed by atoms with Gasteiger partial charge in [-0.3, -0.25) is 0 Å². The van der Waals surface area contributed by atoms with E-state index in [1.54, 1.807) is 0 Å². The maximum absolute atomic E-state index is 10.0. The number of hydrogen-bond donors (Lipinski definition) is 0. The van der Waals surface area contributed by atoms with Gasteiger partial charge in [-0.25, -0.2) is 0 Å². The predicted octanol–water partition coefficient (Wildman–Crippen LogP) is 0.629. The van der Waals surface area contributed by atoms with Crippen molar-refractivity contribution in [3.05, 3.63) is 0 Å². The molecule has 0 heterocycles. The Hall–Kier alpha value is -0.410. The summed E-state index contributed by atoms with van der Waals surface area (Å²) in [5, 5.41) is 0. The smallest absolute Gasteiger partial charge is 0.145 e. The molecule has 0 aliphatic carbocycles. The molecule has 3 nitrogen and oxygen atoms in total. The number of rotatable bonds is 7. The van der Waals surface area contributed by atoms with Gasteiger partial charge in [-0.2, -0.15) is 0 Å². The minimum atomic E-state index is -0.694. The van der Waals surface area contributed by atoms with Crippen molar-refractivity contribution in [3.63, 3.8) is 0 Å². The Kier molecular flexibility index (Phi) is 6.61. The Balaban J connectivity index is 2.85. The SMILES string of the molecule is [3H]C(=O)COCCOCCC. The second-order valence-corrected chi connectivity index (χ2v) is 1.81. The summed E-state index contributed by atoms with van der Waals surface area (Å²) in [6.07, 6.45) is 0.290. The Bertz CT molecular complexity index is 106. The first-order chi connectivity index (χ1) is 5.27. The molecule has 0 N–H and O–H groups in total. The fraction of sp³-hybridized carbons (Fsp3) is 0.857. The van der Waals surface area contributed by atoms with Gasteiger partial charge in [0.15, 0.2) is 0 Å². The number of ether oxygens (including phenoxy) is 2. The third kappa shape index (κ3) is 7.59. The van der Waals surface area contributed by atoms with Gasteiger partial charge in [-0.15, -0.1) is 0 Å². The summed E-state index contributed by atoms with van der Waals surface area (Å²) in [5.74, 6) is 0. The molecular weight excluding hydrogens is 132 g/mol. The van der Waals surface area contributed by atoms with E-state index in [1.165, 1.54) is 0 Å². The van der Waals surface area contributed by atoms with Gasteiger partial charge in [0.1, 0.15) is 14.2 Å². The third-order valence-electron chi connectivity index (χ3n) is 0.881. The van der Waals surface area contributed by atoms with Crippen molar-refractivity contribution in [2.45, 2.75) is 13.3 Å². The maximum atomic E-state index is 10.0. The summed E-state index contributed by atoms with van der Waals surface area (Å²) < 4.78 is 16.3. The van der Waals surface area contributed by atoms with Crippen LogP contribution in [-0.4, -0.2) is 32.7 Å². The molecule has 0 saturated heterocycles. The highest BCUT2D eigenvalue weighted by molar-refractivity contribution is 5.50. The Morgan fingerprint density at radius 3 is 2.70 bits per heavy atom. The number of carbonyl (C=O) groups is 1. The van der Waals surface area contributed by atoms with Crippen molar-refractivity contribution < 1.29 is 15.6 Å². The van der Waals surface area contributed by atoms with E-state index in [0.717, 1.165) is 13.0 Å². The van der Waals surface area contributed by atoms with Crippen LogP contribution >= 0.6 is 0 Å². The maximum Gasteiger partial charge on any atom is 0.145 e. The summed E-state index contributed by atoms with van der Waals surface area (Å²) in [6, 6.07) is 0. The molecule has 0 saturated carbocycles. The predicted molar refractivity (Wildman–Crippen MR) is 38.0 cm³/mol. The van der Waals surface area contributed by atoms with Crippen molar-refractivity contribution in [1.29, 1.82) is 0 Å². The van der Waals surface area contributed by atoms with Crippen molar-refractivity contribution in [3.8, 4) is 0 Å². The minimum absolute atomic E-state index is 0.129. The molecule has 10 heavy (non-hydrogen) atoms. The molecule has 0 atom stereocenters. The van der Waals surface area contributed by atoms with Gasteiger partial charge < -0.3 is 14.3 Å². The van der Waals surface area contributed by atoms with Crippen LogP contribution in [0.1, 0.15) is 14.7 Å². The molecule has 0 fully saturated rings. The van der Waals surface area contributed by atoms with E-state index < -0.39 is 6.26 Å². The van der Waals surface area contributed by atoms with E-state index in [1.807, 2.05) is 6.92 Å². The molecule has 0 aromatic rings. The quantitative estimate of drug-likeness (QED) is 0.392. The zero-order chi connectivity index (χ0) is 8.53. The van der Waals surface area contributed by atoms with Crippen molar-refractivity contribution >= 4 is 6.26 Å². The minimum Gasteiger partial charge on any atom is -0.379 e. The van der Waals surface area contributed by atoms with Crippen LogP contribution in [0.3, 0.4) is 0 Å². The first-order valence-electron chi connectivity index (χ1n) is 3.92. The molecule has 0 spiro atoms. The van der Waals surface area contributed by atoms with Crippen LogP contribution < -0.4 is 0 Å². The van der Waals surface area contributed by atoms with Crippen LogP contribution in [0.4, 0.5) is 0 Å². The first kappa shape index (κ1) is 7.69. The van der Waals surface area contributed by atoms with Crippen LogP contribution in [0.25, 0.3) is 0 Å². The van der Waals surface area contributed by atoms with E-state index in [9.17, 15) is 4.79 Å². The molecule has 0 unspecified atom stereocenters. The fourth-order valence-corrected chi connectivity index (χ4v) is 0.478. The van der Waals surface area contributed by atoms with Crippen LogP contribution in [-0.2, 0) is 14.3 Å². The molecule has 0 bridgehead atoms. The lowest BCUT2D eigenvalue weighted by Crippen LogP contribution is -2.05. The first-order valence-corrected chi connectivity index (χ1v) is 3.42. The molecule has 0 aliphatic heterocycles. The topological polar surface area (TPSA) is 35.5 Å². The fourth-order valence-electron chi connectivity index (χ4n) is 0.478. The monoisotopic (exact) mass is 148 g/mol. The molecule has 0 rings (SSSR count).